The van der Waals surface area contributed by atoms with Gasteiger partial charge in [0.2, 0.25) is 0 Å². The molecule has 2 aromatic rings. The molecule has 182 valence electrons. The SMILES string of the molecule is COc1cc2c(cc1OCCN1CCCCC1)N(C(=O)/C=C/c1ccccc1S(C)(=O)=O)CC2. The van der Waals surface area contributed by atoms with Crippen LogP contribution in [0.25, 0.3) is 6.08 Å². The first kappa shape index (κ1) is 24.3. The molecule has 8 heteroatoms. The third-order valence-corrected chi connectivity index (χ3v) is 7.53. The minimum atomic E-state index is -3.39. The van der Waals surface area contributed by atoms with Crippen molar-refractivity contribution in [1.82, 2.24) is 4.90 Å². The molecular formula is C26H32N2O5S. The van der Waals surface area contributed by atoms with E-state index in [0.29, 0.717) is 30.2 Å². The van der Waals surface area contributed by atoms with E-state index in [1.807, 2.05) is 12.1 Å². The van der Waals surface area contributed by atoms with E-state index in [4.69, 9.17) is 9.47 Å². The number of rotatable bonds is 8. The molecule has 0 radical (unpaired) electrons. The van der Waals surface area contributed by atoms with Crippen LogP contribution in [0.5, 0.6) is 11.5 Å². The summed E-state index contributed by atoms with van der Waals surface area (Å²) in [4.78, 5) is 17.4. The van der Waals surface area contributed by atoms with Gasteiger partial charge in [0.15, 0.2) is 21.3 Å². The summed E-state index contributed by atoms with van der Waals surface area (Å²) in [7, 11) is -1.77. The van der Waals surface area contributed by atoms with E-state index in [0.717, 1.165) is 37.3 Å². The zero-order valence-corrected chi connectivity index (χ0v) is 20.6. The van der Waals surface area contributed by atoms with E-state index in [2.05, 4.69) is 4.90 Å². The smallest absolute Gasteiger partial charge is 0.251 e. The van der Waals surface area contributed by atoms with Crippen molar-refractivity contribution in [2.45, 2.75) is 30.6 Å². The summed E-state index contributed by atoms with van der Waals surface area (Å²) >= 11 is 0. The van der Waals surface area contributed by atoms with Crippen LogP contribution in [0, 0.1) is 0 Å². The Bertz CT molecular complexity index is 1170. The first-order valence-electron chi connectivity index (χ1n) is 11.7. The minimum absolute atomic E-state index is 0.202. The van der Waals surface area contributed by atoms with Gasteiger partial charge in [-0.2, -0.15) is 0 Å². The number of carbonyl (C=O) groups is 1. The molecule has 34 heavy (non-hydrogen) atoms. The normalized spacial score (nSPS) is 16.6. The molecular weight excluding hydrogens is 452 g/mol. The summed E-state index contributed by atoms with van der Waals surface area (Å²) < 4.78 is 35.7. The molecule has 0 bridgehead atoms. The Balaban J connectivity index is 1.49. The highest BCUT2D eigenvalue weighted by Crippen LogP contribution is 2.39. The van der Waals surface area contributed by atoms with Crippen LogP contribution >= 0.6 is 0 Å². The Labute approximate surface area is 201 Å². The Hall–Kier alpha value is -2.84. The fourth-order valence-corrected chi connectivity index (χ4v) is 5.46. The summed E-state index contributed by atoms with van der Waals surface area (Å²) in [5.41, 5.74) is 2.33. The van der Waals surface area contributed by atoms with E-state index < -0.39 is 9.84 Å². The lowest BCUT2D eigenvalue weighted by Gasteiger charge is -2.26. The van der Waals surface area contributed by atoms with Crippen molar-refractivity contribution in [3.63, 3.8) is 0 Å². The Morgan fingerprint density at radius 2 is 1.82 bits per heavy atom. The number of likely N-dealkylation sites (tertiary alicyclic amines) is 1. The van der Waals surface area contributed by atoms with Gasteiger partial charge in [0.25, 0.3) is 5.91 Å². The number of hydrogen-bond donors (Lipinski definition) is 0. The first-order valence-corrected chi connectivity index (χ1v) is 13.6. The Kier molecular flexibility index (Phi) is 7.58. The largest absolute Gasteiger partial charge is 0.493 e. The van der Waals surface area contributed by atoms with Gasteiger partial charge in [0.05, 0.1) is 17.7 Å². The Morgan fingerprint density at radius 3 is 2.56 bits per heavy atom. The van der Waals surface area contributed by atoms with Crippen LogP contribution in [0.4, 0.5) is 5.69 Å². The van der Waals surface area contributed by atoms with E-state index >= 15 is 0 Å². The first-order chi connectivity index (χ1) is 16.4. The van der Waals surface area contributed by atoms with E-state index in [1.165, 1.54) is 31.6 Å². The van der Waals surface area contributed by atoms with Crippen molar-refractivity contribution >= 4 is 27.5 Å². The van der Waals surface area contributed by atoms with Crippen molar-refractivity contribution in [2.24, 2.45) is 0 Å². The molecule has 0 saturated carbocycles. The van der Waals surface area contributed by atoms with Crippen LogP contribution in [-0.4, -0.2) is 65.4 Å². The second-order valence-corrected chi connectivity index (χ2v) is 10.7. The second-order valence-electron chi connectivity index (χ2n) is 8.77. The van der Waals surface area contributed by atoms with E-state index in [9.17, 15) is 13.2 Å². The van der Waals surface area contributed by atoms with Crippen LogP contribution in [0.1, 0.15) is 30.4 Å². The average Bonchev–Trinajstić information content (AvgIpc) is 3.25. The number of piperidine rings is 1. The molecule has 0 atom stereocenters. The van der Waals surface area contributed by atoms with E-state index in [-0.39, 0.29) is 10.8 Å². The maximum atomic E-state index is 13.0. The van der Waals surface area contributed by atoms with Gasteiger partial charge in [0, 0.05) is 31.5 Å². The number of benzene rings is 2. The summed E-state index contributed by atoms with van der Waals surface area (Å²) in [6, 6.07) is 10.5. The van der Waals surface area contributed by atoms with Crippen LogP contribution < -0.4 is 14.4 Å². The number of sulfone groups is 1. The average molecular weight is 485 g/mol. The predicted molar refractivity (Wildman–Crippen MR) is 133 cm³/mol. The monoisotopic (exact) mass is 484 g/mol. The van der Waals surface area contributed by atoms with Crippen molar-refractivity contribution in [3.05, 3.63) is 53.6 Å². The number of fused-ring (bicyclic) bond motifs is 1. The molecule has 0 aliphatic carbocycles. The van der Waals surface area contributed by atoms with Gasteiger partial charge in [-0.05, 0) is 61.7 Å². The van der Waals surface area contributed by atoms with E-state index in [1.54, 1.807) is 42.4 Å². The van der Waals surface area contributed by atoms with Gasteiger partial charge in [-0.15, -0.1) is 0 Å². The summed E-state index contributed by atoms with van der Waals surface area (Å²) in [6.07, 6.45) is 8.66. The van der Waals surface area contributed by atoms with Crippen LogP contribution in [0.3, 0.4) is 0 Å². The number of nitrogens with zero attached hydrogens (tertiary/aromatic N) is 2. The number of anilines is 1. The number of methoxy groups -OCH3 is 1. The molecule has 0 N–H and O–H groups in total. The zero-order valence-electron chi connectivity index (χ0n) is 19.8. The van der Waals surface area contributed by atoms with Gasteiger partial charge in [0.1, 0.15) is 6.61 Å². The lowest BCUT2D eigenvalue weighted by molar-refractivity contribution is -0.114. The molecule has 2 aliphatic heterocycles. The standard InChI is InChI=1S/C26H32N2O5S/c1-32-23-18-21-12-15-28(22(21)19-24(23)33-17-16-27-13-6-3-7-14-27)26(29)11-10-20-8-4-5-9-25(20)34(2,30)31/h4-5,8-11,18-19H,3,6-7,12-17H2,1-2H3/b11-10+. The second kappa shape index (κ2) is 10.6. The van der Waals surface area contributed by atoms with Gasteiger partial charge in [-0.25, -0.2) is 8.42 Å². The highest BCUT2D eigenvalue weighted by molar-refractivity contribution is 7.90. The predicted octanol–water partition coefficient (Wildman–Crippen LogP) is 3.57. The van der Waals surface area contributed by atoms with Gasteiger partial charge < -0.3 is 14.4 Å². The molecule has 0 unspecified atom stereocenters. The van der Waals surface area contributed by atoms with Crippen molar-refractivity contribution in [1.29, 1.82) is 0 Å². The molecule has 2 aliphatic rings. The van der Waals surface area contributed by atoms with Crippen molar-refractivity contribution in [2.75, 3.05) is 51.1 Å². The molecule has 0 aromatic heterocycles. The molecule has 1 saturated heterocycles. The molecule has 1 amide bonds. The molecule has 1 fully saturated rings. The zero-order chi connectivity index (χ0) is 24.1. The topological polar surface area (TPSA) is 76.2 Å². The number of carbonyl (C=O) groups excluding carboxylic acids is 1. The van der Waals surface area contributed by atoms with Crippen molar-refractivity contribution < 1.29 is 22.7 Å². The van der Waals surface area contributed by atoms with Crippen LogP contribution in [-0.2, 0) is 21.1 Å². The summed E-state index contributed by atoms with van der Waals surface area (Å²) in [5.74, 6) is 1.10. The lowest BCUT2D eigenvalue weighted by atomic mass is 10.1. The Morgan fingerprint density at radius 1 is 1.06 bits per heavy atom. The van der Waals surface area contributed by atoms with Gasteiger partial charge in [-0.3, -0.25) is 9.69 Å². The summed E-state index contributed by atoms with van der Waals surface area (Å²) in [6.45, 7) is 4.20. The van der Waals surface area contributed by atoms with Gasteiger partial charge in [-0.1, -0.05) is 24.6 Å². The minimum Gasteiger partial charge on any atom is -0.493 e. The number of ether oxygens (including phenoxy) is 2. The third kappa shape index (κ3) is 5.62. The summed E-state index contributed by atoms with van der Waals surface area (Å²) in [5, 5.41) is 0. The lowest BCUT2D eigenvalue weighted by Crippen LogP contribution is -2.33. The quantitative estimate of drug-likeness (QED) is 0.534. The molecule has 2 aromatic carbocycles. The molecule has 4 rings (SSSR count). The van der Waals surface area contributed by atoms with Crippen LogP contribution in [0.2, 0.25) is 0 Å². The highest BCUT2D eigenvalue weighted by atomic mass is 32.2. The maximum Gasteiger partial charge on any atom is 0.251 e. The maximum absolute atomic E-state index is 13.0. The number of amides is 1. The fraction of sp³-hybridized carbons (Fsp3) is 0.423. The van der Waals surface area contributed by atoms with Crippen LogP contribution in [0.15, 0.2) is 47.4 Å². The fourth-order valence-electron chi connectivity index (χ4n) is 4.57. The molecule has 2 heterocycles. The van der Waals surface area contributed by atoms with Gasteiger partial charge >= 0.3 is 0 Å². The third-order valence-electron chi connectivity index (χ3n) is 6.36. The number of hydrogen-bond acceptors (Lipinski definition) is 6. The molecule has 7 nitrogen and oxygen atoms in total. The van der Waals surface area contributed by atoms with Crippen molar-refractivity contribution in [3.8, 4) is 11.5 Å². The molecule has 0 spiro atoms. The highest BCUT2D eigenvalue weighted by Gasteiger charge is 2.26.